The van der Waals surface area contributed by atoms with Gasteiger partial charge in [-0.1, -0.05) is 0 Å². The van der Waals surface area contributed by atoms with Gasteiger partial charge in [0.1, 0.15) is 0 Å². The Kier molecular flexibility index (Phi) is 4.19. The third-order valence-corrected chi connectivity index (χ3v) is 2.08. The van der Waals surface area contributed by atoms with Gasteiger partial charge in [-0.25, -0.2) is 13.8 Å². The van der Waals surface area contributed by atoms with E-state index in [2.05, 4.69) is 4.98 Å². The summed E-state index contributed by atoms with van der Waals surface area (Å²) in [5.41, 5.74) is -0.591. The number of nitrogens with zero attached hydrogens (tertiary/aromatic N) is 1. The number of carboxylic acid groups (broad SMARTS) is 1. The van der Waals surface area contributed by atoms with E-state index in [-0.39, 0.29) is 17.2 Å². The monoisotopic (exact) mass is 247 g/mol. The number of aromatic nitrogens is 1. The number of pyridine rings is 1. The van der Waals surface area contributed by atoms with Crippen LogP contribution < -0.4 is 9.47 Å². The van der Waals surface area contributed by atoms with E-state index in [0.717, 1.165) is 6.20 Å². The normalized spacial score (nSPS) is 10.4. The molecule has 1 aromatic heterocycles. The second kappa shape index (κ2) is 5.42. The van der Waals surface area contributed by atoms with Gasteiger partial charge >= 0.3 is 5.97 Å². The van der Waals surface area contributed by atoms with Crippen LogP contribution in [0, 0.1) is 0 Å². The summed E-state index contributed by atoms with van der Waals surface area (Å²) in [7, 11) is 2.45. The SMILES string of the molecule is COc1ncc(CC(=O)O)c(C(F)F)c1OC. The van der Waals surface area contributed by atoms with Crippen molar-refractivity contribution < 1.29 is 28.2 Å². The first kappa shape index (κ1) is 13.1. The predicted octanol–water partition coefficient (Wildman–Crippen LogP) is 1.66. The molecule has 0 bridgehead atoms. The molecule has 7 heteroatoms. The van der Waals surface area contributed by atoms with E-state index in [9.17, 15) is 13.6 Å². The molecule has 17 heavy (non-hydrogen) atoms. The quantitative estimate of drug-likeness (QED) is 0.857. The fourth-order valence-electron chi connectivity index (χ4n) is 1.41. The summed E-state index contributed by atoms with van der Waals surface area (Å²) in [4.78, 5) is 14.3. The maximum absolute atomic E-state index is 12.9. The van der Waals surface area contributed by atoms with Gasteiger partial charge in [-0.15, -0.1) is 0 Å². The minimum Gasteiger partial charge on any atom is -0.491 e. The minimum absolute atomic E-state index is 0.0925. The molecule has 0 atom stereocenters. The average Bonchev–Trinajstić information content (AvgIpc) is 2.26. The largest absolute Gasteiger partial charge is 0.491 e. The van der Waals surface area contributed by atoms with E-state index < -0.39 is 24.4 Å². The van der Waals surface area contributed by atoms with E-state index in [4.69, 9.17) is 14.6 Å². The summed E-state index contributed by atoms with van der Waals surface area (Å²) >= 11 is 0. The smallest absolute Gasteiger partial charge is 0.307 e. The molecule has 0 aliphatic heterocycles. The summed E-state index contributed by atoms with van der Waals surface area (Å²) in [6.45, 7) is 0. The number of hydrogen-bond donors (Lipinski definition) is 1. The minimum atomic E-state index is -2.86. The highest BCUT2D eigenvalue weighted by Gasteiger charge is 2.24. The number of hydrogen-bond acceptors (Lipinski definition) is 4. The molecule has 0 unspecified atom stereocenters. The number of alkyl halides is 2. The third kappa shape index (κ3) is 2.80. The van der Waals surface area contributed by atoms with Crippen LogP contribution in [-0.2, 0) is 11.2 Å². The van der Waals surface area contributed by atoms with Crippen LogP contribution in [0.3, 0.4) is 0 Å². The first-order valence-corrected chi connectivity index (χ1v) is 4.61. The molecule has 0 radical (unpaired) electrons. The molecule has 1 rings (SSSR count). The number of methoxy groups -OCH3 is 2. The molecule has 94 valence electrons. The summed E-state index contributed by atoms with van der Waals surface area (Å²) in [6, 6.07) is 0. The summed E-state index contributed by atoms with van der Waals surface area (Å²) < 4.78 is 35.3. The Morgan fingerprint density at radius 1 is 1.47 bits per heavy atom. The third-order valence-electron chi connectivity index (χ3n) is 2.08. The second-order valence-electron chi connectivity index (χ2n) is 3.11. The molecule has 0 spiro atoms. The fraction of sp³-hybridized carbons (Fsp3) is 0.400. The number of carbonyl (C=O) groups is 1. The van der Waals surface area contributed by atoms with Gasteiger partial charge in [-0.05, 0) is 5.56 Å². The molecule has 1 aromatic rings. The lowest BCUT2D eigenvalue weighted by Crippen LogP contribution is -2.08. The summed E-state index contributed by atoms with van der Waals surface area (Å²) in [5.74, 6) is -1.56. The first-order chi connectivity index (χ1) is 8.01. The van der Waals surface area contributed by atoms with E-state index in [1.165, 1.54) is 14.2 Å². The lowest BCUT2D eigenvalue weighted by molar-refractivity contribution is -0.136. The molecule has 0 fully saturated rings. The Morgan fingerprint density at radius 3 is 2.53 bits per heavy atom. The Balaban J connectivity index is 3.36. The summed E-state index contributed by atoms with van der Waals surface area (Å²) in [6.07, 6.45) is -2.36. The second-order valence-corrected chi connectivity index (χ2v) is 3.11. The first-order valence-electron chi connectivity index (χ1n) is 4.61. The van der Waals surface area contributed by atoms with Crippen LogP contribution in [0.15, 0.2) is 6.20 Å². The highest BCUT2D eigenvalue weighted by atomic mass is 19.3. The zero-order valence-corrected chi connectivity index (χ0v) is 9.24. The molecule has 0 aliphatic carbocycles. The maximum Gasteiger partial charge on any atom is 0.307 e. The van der Waals surface area contributed by atoms with Crippen molar-refractivity contribution in [2.45, 2.75) is 12.8 Å². The van der Waals surface area contributed by atoms with Crippen molar-refractivity contribution in [3.8, 4) is 11.6 Å². The van der Waals surface area contributed by atoms with E-state index in [1.54, 1.807) is 0 Å². The van der Waals surface area contributed by atoms with Gasteiger partial charge in [0.15, 0.2) is 5.75 Å². The highest BCUT2D eigenvalue weighted by molar-refractivity contribution is 5.71. The number of ether oxygens (including phenoxy) is 2. The fourth-order valence-corrected chi connectivity index (χ4v) is 1.41. The van der Waals surface area contributed by atoms with Gasteiger partial charge in [0, 0.05) is 6.20 Å². The Hall–Kier alpha value is -1.92. The van der Waals surface area contributed by atoms with Crippen LogP contribution in [0.2, 0.25) is 0 Å². The lowest BCUT2D eigenvalue weighted by atomic mass is 10.1. The molecule has 0 aromatic carbocycles. The van der Waals surface area contributed by atoms with Crippen molar-refractivity contribution in [3.05, 3.63) is 17.3 Å². The molecular weight excluding hydrogens is 236 g/mol. The van der Waals surface area contributed by atoms with E-state index in [1.807, 2.05) is 0 Å². The van der Waals surface area contributed by atoms with Crippen LogP contribution in [0.5, 0.6) is 11.6 Å². The van der Waals surface area contributed by atoms with Crippen molar-refractivity contribution in [2.24, 2.45) is 0 Å². The van der Waals surface area contributed by atoms with Crippen LogP contribution in [0.1, 0.15) is 17.6 Å². The number of aliphatic carboxylic acids is 1. The zero-order valence-electron chi connectivity index (χ0n) is 9.24. The van der Waals surface area contributed by atoms with Crippen molar-refractivity contribution in [3.63, 3.8) is 0 Å². The van der Waals surface area contributed by atoms with Crippen molar-refractivity contribution in [1.82, 2.24) is 4.98 Å². The van der Waals surface area contributed by atoms with Crippen LogP contribution in [-0.4, -0.2) is 30.3 Å². The maximum atomic E-state index is 12.9. The van der Waals surface area contributed by atoms with Gasteiger partial charge < -0.3 is 14.6 Å². The number of rotatable bonds is 5. The van der Waals surface area contributed by atoms with Gasteiger partial charge in [0.05, 0.1) is 26.2 Å². The standard InChI is InChI=1S/C10H11F2NO4/c1-16-8-7(9(11)12)5(3-6(14)15)4-13-10(8)17-2/h4,9H,3H2,1-2H3,(H,14,15). The predicted molar refractivity (Wildman–Crippen MR) is 53.6 cm³/mol. The van der Waals surface area contributed by atoms with Crippen LogP contribution >= 0.6 is 0 Å². The lowest BCUT2D eigenvalue weighted by Gasteiger charge is -2.14. The van der Waals surface area contributed by atoms with Gasteiger partial charge in [-0.2, -0.15) is 0 Å². The van der Waals surface area contributed by atoms with Gasteiger partial charge in [0.25, 0.3) is 12.3 Å². The van der Waals surface area contributed by atoms with E-state index >= 15 is 0 Å². The van der Waals surface area contributed by atoms with Crippen molar-refractivity contribution in [2.75, 3.05) is 14.2 Å². The zero-order chi connectivity index (χ0) is 13.0. The molecular formula is C10H11F2NO4. The van der Waals surface area contributed by atoms with Crippen LogP contribution in [0.4, 0.5) is 8.78 Å². The molecule has 0 saturated heterocycles. The topological polar surface area (TPSA) is 68.7 Å². The van der Waals surface area contributed by atoms with Crippen molar-refractivity contribution >= 4 is 5.97 Å². The molecule has 0 saturated carbocycles. The Morgan fingerprint density at radius 2 is 2.12 bits per heavy atom. The molecule has 0 aliphatic rings. The number of halogens is 2. The van der Waals surface area contributed by atoms with Gasteiger partial charge in [0.2, 0.25) is 0 Å². The molecule has 1 heterocycles. The molecule has 0 amide bonds. The van der Waals surface area contributed by atoms with Crippen molar-refractivity contribution in [1.29, 1.82) is 0 Å². The van der Waals surface area contributed by atoms with Crippen LogP contribution in [0.25, 0.3) is 0 Å². The molecule has 1 N–H and O–H groups in total. The van der Waals surface area contributed by atoms with E-state index in [0.29, 0.717) is 0 Å². The summed E-state index contributed by atoms with van der Waals surface area (Å²) in [5, 5.41) is 8.62. The number of carboxylic acids is 1. The Bertz CT molecular complexity index is 423. The van der Waals surface area contributed by atoms with Gasteiger partial charge in [-0.3, -0.25) is 4.79 Å². The molecule has 5 nitrogen and oxygen atoms in total. The Labute approximate surface area is 96.0 Å². The average molecular weight is 247 g/mol. The highest BCUT2D eigenvalue weighted by Crippen LogP contribution is 2.37.